The van der Waals surface area contributed by atoms with Crippen LogP contribution in [0.25, 0.3) is 0 Å². The number of nitrogens with one attached hydrogen (secondary N) is 1. The van der Waals surface area contributed by atoms with E-state index < -0.39 is 21.9 Å². The summed E-state index contributed by atoms with van der Waals surface area (Å²) in [4.78, 5) is 10.9. The molecule has 0 bridgehead atoms. The van der Waals surface area contributed by atoms with Crippen molar-refractivity contribution in [1.82, 2.24) is 5.32 Å². The zero-order valence-corrected chi connectivity index (χ0v) is 15.4. The molecule has 0 fully saturated rings. The molecule has 27 heavy (non-hydrogen) atoms. The lowest BCUT2D eigenvalue weighted by atomic mass is 10.1. The number of carbonyl (C=O) groups excluding carboxylic acids is 1. The molecule has 2 rings (SSSR count). The zero-order valence-electron chi connectivity index (χ0n) is 14.6. The van der Waals surface area contributed by atoms with Crippen molar-refractivity contribution in [1.29, 1.82) is 0 Å². The number of benzene rings is 2. The summed E-state index contributed by atoms with van der Waals surface area (Å²) in [5.41, 5.74) is 1.28. The van der Waals surface area contributed by atoms with Crippen molar-refractivity contribution in [3.63, 3.8) is 0 Å². The molecule has 0 heterocycles. The van der Waals surface area contributed by atoms with Crippen LogP contribution in [0.3, 0.4) is 0 Å². The van der Waals surface area contributed by atoms with Crippen LogP contribution in [0.5, 0.6) is 5.75 Å². The molecule has 0 radical (unpaired) electrons. The molecule has 146 valence electrons. The van der Waals surface area contributed by atoms with Gasteiger partial charge in [0.1, 0.15) is 5.75 Å². The molecule has 0 aliphatic rings. The number of methoxy groups -OCH3 is 1. The van der Waals surface area contributed by atoms with Gasteiger partial charge >= 0.3 is 12.1 Å². The number of aryl methyl sites for hydroxylation is 1. The molecule has 1 amide bonds. The standard InChI is InChI=1S/C18H18F3NO4S/c1-12-11-15(7-8-16(12)26-2)27(24,25)14-5-3-13(4-6-14)9-10-22-17(23)18(19,20)21/h3-8,11H,9-10H2,1-2H3,(H,22,23). The highest BCUT2D eigenvalue weighted by Crippen LogP contribution is 2.26. The number of hydrogen-bond donors (Lipinski definition) is 1. The SMILES string of the molecule is COc1ccc(S(=O)(=O)c2ccc(CCNC(=O)C(F)(F)F)cc2)cc1C. The Morgan fingerprint density at radius 2 is 1.67 bits per heavy atom. The zero-order chi connectivity index (χ0) is 20.2. The van der Waals surface area contributed by atoms with E-state index in [9.17, 15) is 26.4 Å². The molecule has 0 aromatic heterocycles. The first-order valence-electron chi connectivity index (χ1n) is 7.89. The summed E-state index contributed by atoms with van der Waals surface area (Å²) in [6.45, 7) is 1.53. The van der Waals surface area contributed by atoms with Crippen molar-refractivity contribution in [3.8, 4) is 5.75 Å². The van der Waals surface area contributed by atoms with E-state index in [1.807, 2.05) is 0 Å². The third-order valence-electron chi connectivity index (χ3n) is 3.87. The first-order valence-corrected chi connectivity index (χ1v) is 9.37. The topological polar surface area (TPSA) is 72.5 Å². The smallest absolute Gasteiger partial charge is 0.471 e. The van der Waals surface area contributed by atoms with Gasteiger partial charge in [0.25, 0.3) is 0 Å². The van der Waals surface area contributed by atoms with Crippen LogP contribution < -0.4 is 10.1 Å². The Balaban J connectivity index is 2.10. The minimum atomic E-state index is -4.92. The summed E-state index contributed by atoms with van der Waals surface area (Å²) < 4.78 is 66.8. The molecule has 2 aromatic carbocycles. The Morgan fingerprint density at radius 3 is 2.19 bits per heavy atom. The predicted octanol–water partition coefficient (Wildman–Crippen LogP) is 3.06. The molecule has 0 saturated heterocycles. The average Bonchev–Trinajstić information content (AvgIpc) is 2.61. The highest BCUT2D eigenvalue weighted by molar-refractivity contribution is 7.91. The van der Waals surface area contributed by atoms with Crippen LogP contribution in [0.15, 0.2) is 52.3 Å². The van der Waals surface area contributed by atoms with E-state index in [-0.39, 0.29) is 22.8 Å². The first kappa shape index (κ1) is 20.8. The number of hydrogen-bond acceptors (Lipinski definition) is 4. The van der Waals surface area contributed by atoms with Crippen LogP contribution in [0.1, 0.15) is 11.1 Å². The van der Waals surface area contributed by atoms with Crippen molar-refractivity contribution in [2.75, 3.05) is 13.7 Å². The van der Waals surface area contributed by atoms with Crippen molar-refractivity contribution in [2.45, 2.75) is 29.3 Å². The van der Waals surface area contributed by atoms with Gasteiger partial charge in [-0.2, -0.15) is 13.2 Å². The van der Waals surface area contributed by atoms with Gasteiger partial charge in [0.2, 0.25) is 9.84 Å². The number of sulfone groups is 1. The Kier molecular flexibility index (Phi) is 6.15. The number of carbonyl (C=O) groups is 1. The molecule has 0 saturated carbocycles. The van der Waals surface area contributed by atoms with E-state index in [0.29, 0.717) is 16.9 Å². The maximum absolute atomic E-state index is 12.7. The number of alkyl halides is 3. The largest absolute Gasteiger partial charge is 0.496 e. The summed E-state index contributed by atoms with van der Waals surface area (Å²) in [6, 6.07) is 10.3. The molecule has 1 N–H and O–H groups in total. The lowest BCUT2D eigenvalue weighted by Gasteiger charge is -2.10. The molecular formula is C18H18F3NO4S. The molecule has 0 spiro atoms. The van der Waals surface area contributed by atoms with Gasteiger partial charge in [-0.05, 0) is 54.8 Å². The third-order valence-corrected chi connectivity index (χ3v) is 5.63. The number of halogens is 3. The fourth-order valence-electron chi connectivity index (χ4n) is 2.41. The Bertz CT molecular complexity index is 923. The third kappa shape index (κ3) is 5.00. The van der Waals surface area contributed by atoms with Gasteiger partial charge in [-0.3, -0.25) is 4.79 Å². The molecule has 0 aliphatic heterocycles. The van der Waals surface area contributed by atoms with Gasteiger partial charge in [0.05, 0.1) is 16.9 Å². The molecular weight excluding hydrogens is 383 g/mol. The predicted molar refractivity (Wildman–Crippen MR) is 92.4 cm³/mol. The second-order valence-corrected chi connectivity index (χ2v) is 7.73. The highest BCUT2D eigenvalue weighted by atomic mass is 32.2. The van der Waals surface area contributed by atoms with Crippen LogP contribution in [-0.2, 0) is 21.1 Å². The lowest BCUT2D eigenvalue weighted by molar-refractivity contribution is -0.173. The van der Waals surface area contributed by atoms with E-state index in [2.05, 4.69) is 0 Å². The van der Waals surface area contributed by atoms with Crippen LogP contribution in [0.2, 0.25) is 0 Å². The van der Waals surface area contributed by atoms with Crippen LogP contribution in [0, 0.1) is 6.92 Å². The van der Waals surface area contributed by atoms with Gasteiger partial charge in [0, 0.05) is 6.54 Å². The normalized spacial score (nSPS) is 11.9. The molecule has 5 nitrogen and oxygen atoms in total. The van der Waals surface area contributed by atoms with Crippen LogP contribution in [-0.4, -0.2) is 34.2 Å². The van der Waals surface area contributed by atoms with E-state index in [4.69, 9.17) is 4.74 Å². The minimum absolute atomic E-state index is 0.0649. The number of ether oxygens (including phenoxy) is 1. The van der Waals surface area contributed by atoms with Gasteiger partial charge in [-0.25, -0.2) is 8.42 Å². The van der Waals surface area contributed by atoms with Gasteiger partial charge in [-0.15, -0.1) is 0 Å². The monoisotopic (exact) mass is 401 g/mol. The molecule has 0 unspecified atom stereocenters. The van der Waals surface area contributed by atoms with Crippen LogP contribution >= 0.6 is 0 Å². The number of amides is 1. The Hall–Kier alpha value is -2.55. The second kappa shape index (κ2) is 7.99. The van der Waals surface area contributed by atoms with Crippen LogP contribution in [0.4, 0.5) is 13.2 Å². The maximum Gasteiger partial charge on any atom is 0.471 e. The van der Waals surface area contributed by atoms with Gasteiger partial charge in [-0.1, -0.05) is 12.1 Å². The fraction of sp³-hybridized carbons (Fsp3) is 0.278. The summed E-state index contributed by atoms with van der Waals surface area (Å²) in [7, 11) is -2.24. The van der Waals surface area contributed by atoms with E-state index in [1.165, 1.54) is 43.5 Å². The molecule has 9 heteroatoms. The second-order valence-electron chi connectivity index (χ2n) is 5.78. The highest BCUT2D eigenvalue weighted by Gasteiger charge is 2.38. The quantitative estimate of drug-likeness (QED) is 0.808. The summed E-state index contributed by atoms with van der Waals surface area (Å²) in [5, 5.41) is 1.76. The number of rotatable bonds is 6. The summed E-state index contributed by atoms with van der Waals surface area (Å²) in [6.07, 6.45) is -4.78. The summed E-state index contributed by atoms with van der Waals surface area (Å²) in [5.74, 6) is -1.43. The lowest BCUT2D eigenvalue weighted by Crippen LogP contribution is -2.37. The van der Waals surface area contributed by atoms with E-state index >= 15 is 0 Å². The van der Waals surface area contributed by atoms with Crippen molar-refractivity contribution in [3.05, 3.63) is 53.6 Å². The minimum Gasteiger partial charge on any atom is -0.496 e. The van der Waals surface area contributed by atoms with E-state index in [1.54, 1.807) is 18.3 Å². The average molecular weight is 401 g/mol. The fourth-order valence-corrected chi connectivity index (χ4v) is 3.76. The Morgan fingerprint density at radius 1 is 1.07 bits per heavy atom. The first-order chi connectivity index (χ1) is 12.6. The summed E-state index contributed by atoms with van der Waals surface area (Å²) >= 11 is 0. The maximum atomic E-state index is 12.7. The molecule has 0 atom stereocenters. The molecule has 2 aromatic rings. The van der Waals surface area contributed by atoms with Crippen molar-refractivity contribution < 1.29 is 31.1 Å². The van der Waals surface area contributed by atoms with E-state index in [0.717, 1.165) is 0 Å². The van der Waals surface area contributed by atoms with Gasteiger partial charge in [0.15, 0.2) is 0 Å². The van der Waals surface area contributed by atoms with Gasteiger partial charge < -0.3 is 10.1 Å². The van der Waals surface area contributed by atoms with Crippen molar-refractivity contribution in [2.24, 2.45) is 0 Å². The molecule has 0 aliphatic carbocycles. The Labute approximate surface area is 155 Å². The van der Waals surface area contributed by atoms with Crippen molar-refractivity contribution >= 4 is 15.7 Å².